The van der Waals surface area contributed by atoms with E-state index in [0.717, 1.165) is 26.5 Å². The van der Waals surface area contributed by atoms with Gasteiger partial charge in [-0.3, -0.25) is 86.3 Å². The van der Waals surface area contributed by atoms with Gasteiger partial charge in [-0.15, -0.1) is 11.8 Å². The Kier molecular flexibility index (Phi) is 38.9. The van der Waals surface area contributed by atoms with Crippen LogP contribution in [0.2, 0.25) is 0 Å². The van der Waals surface area contributed by atoms with Gasteiger partial charge in [-0.25, -0.2) is 4.98 Å². The summed E-state index contributed by atoms with van der Waals surface area (Å²) >= 11 is 0.777. The number of aromatic nitrogens is 4. The molecule has 0 saturated carbocycles. The summed E-state index contributed by atoms with van der Waals surface area (Å²) < 4.78 is 0. The smallest absolute Gasteiger partial charge is 0.305 e. The molecule has 21 N–H and O–H groups in total. The Balaban J connectivity index is 1.11. The number of aliphatic hydroxyl groups excluding tert-OH is 1. The number of para-hydroxylation sites is 2. The van der Waals surface area contributed by atoms with E-state index in [1.165, 1.54) is 74.7 Å². The van der Waals surface area contributed by atoms with Gasteiger partial charge in [0.25, 0.3) is 0 Å². The number of phenolic OH excluding ortho intramolecular Hbond substituents is 1. The number of thioether (sulfide) groups is 1. The van der Waals surface area contributed by atoms with Gasteiger partial charge in [0.1, 0.15) is 90.3 Å². The van der Waals surface area contributed by atoms with Crippen LogP contribution in [0.15, 0.2) is 97.7 Å². The average Bonchev–Trinajstić information content (AvgIpc) is 1.56. The molecule has 3 fully saturated rings. The molecule has 44 heteroatoms. The number of hydrogen-bond acceptors (Lipinski definition) is 23. The fourth-order valence-corrected chi connectivity index (χ4v) is 17.6. The molecular formula is C91H125N21O22S. The monoisotopic (exact) mass is 1900 g/mol. The number of unbranched alkanes of at least 4 members (excludes halogenated alkanes) is 2. The molecule has 0 radical (unpaired) electrons. The highest BCUT2D eigenvalue weighted by atomic mass is 32.2. The van der Waals surface area contributed by atoms with Crippen molar-refractivity contribution >= 4 is 140 Å². The summed E-state index contributed by atoms with van der Waals surface area (Å²) in [6.45, 7) is 6.70. The van der Waals surface area contributed by atoms with Crippen LogP contribution in [0.5, 0.6) is 5.75 Å². The molecule has 6 heterocycles. The molecule has 135 heavy (non-hydrogen) atoms. The summed E-state index contributed by atoms with van der Waals surface area (Å²) in [6, 6.07) is -2.61. The molecule has 43 nitrogen and oxygen atoms in total. The Bertz CT molecular complexity index is 5220. The van der Waals surface area contributed by atoms with Crippen molar-refractivity contribution in [2.24, 2.45) is 17.4 Å². The number of aliphatic hydroxyl groups is 1. The topological polar surface area (TPSA) is 637 Å². The second-order valence-electron chi connectivity index (χ2n) is 34.7. The molecule has 3 saturated heterocycles. The summed E-state index contributed by atoms with van der Waals surface area (Å²) in [7, 11) is 3.93. The SMILES string of the molecule is CCCC[C@H]1C(=O)N(C)[C@@H](CCCC)C(=O)N[C@@H](CC(C)C)C(=O)N[C@H](C(=O)NCC(N)=O)CSCC(=O)N[C@@H](Cc2ccc(O)cc2)C(=O)N(C)[C@@H](C)C(=O)N[C@@H](CC(=O)O)C(=O)N2CCC[C@H]2C(=O)N[C@@H](Cc2cnc[nH]2)C(=O)N[C@@H](CCC(=O)O)C(=O)N2C[C@H](O)C[C@H]2C(=O)N[C@@H](Cc2c[nH]c3ccccc23)C(=O)N[C@@H](CCN)C(=O)N[C@@H](Cc2c[nH]c3ccccc23)C(=O)N1C. The number of aromatic amines is 3. The second-order valence-corrected chi connectivity index (χ2v) is 35.8. The van der Waals surface area contributed by atoms with Crippen LogP contribution in [0, 0.1) is 5.92 Å². The number of benzene rings is 3. The number of H-pyrrole nitrogens is 3. The van der Waals surface area contributed by atoms with Crippen molar-refractivity contribution in [1.29, 1.82) is 0 Å². The Morgan fingerprint density at radius 1 is 0.548 bits per heavy atom. The Hall–Kier alpha value is -13.5. The molecule has 0 spiro atoms. The van der Waals surface area contributed by atoms with Crippen LogP contribution < -0.4 is 64.6 Å². The fraction of sp³-hybridized carbons (Fsp3) is 0.527. The van der Waals surface area contributed by atoms with Crippen LogP contribution in [-0.2, 0) is 112 Å². The van der Waals surface area contributed by atoms with Crippen LogP contribution >= 0.6 is 11.8 Å². The van der Waals surface area contributed by atoms with Crippen molar-refractivity contribution in [3.63, 3.8) is 0 Å². The number of aliphatic carboxylic acids is 2. The van der Waals surface area contributed by atoms with Crippen LogP contribution in [0.3, 0.4) is 0 Å². The van der Waals surface area contributed by atoms with Gasteiger partial charge in [0.15, 0.2) is 0 Å². The summed E-state index contributed by atoms with van der Waals surface area (Å²) in [4.78, 5) is 281. The highest BCUT2D eigenvalue weighted by Crippen LogP contribution is 2.28. The number of aromatic hydroxyl groups is 1. The van der Waals surface area contributed by atoms with E-state index in [4.69, 9.17) is 11.5 Å². The summed E-state index contributed by atoms with van der Waals surface area (Å²) in [5, 5.41) is 69.7. The summed E-state index contributed by atoms with van der Waals surface area (Å²) in [6.07, 6.45) is 1.53. The van der Waals surface area contributed by atoms with Gasteiger partial charge in [0, 0.05) is 125 Å². The minimum absolute atomic E-state index is 0.0191. The van der Waals surface area contributed by atoms with Gasteiger partial charge in [-0.1, -0.05) is 102 Å². The first kappa shape index (κ1) is 105. The number of phenols is 1. The molecule has 3 aliphatic rings. The lowest BCUT2D eigenvalue weighted by molar-refractivity contribution is -0.149. The van der Waals surface area contributed by atoms with Crippen molar-refractivity contribution in [2.75, 3.05) is 58.8 Å². The molecule has 0 bridgehead atoms. The van der Waals surface area contributed by atoms with Crippen LogP contribution in [0.25, 0.3) is 21.8 Å². The molecule has 16 amide bonds. The van der Waals surface area contributed by atoms with Gasteiger partial charge in [-0.2, -0.15) is 0 Å². The van der Waals surface area contributed by atoms with E-state index in [9.17, 15) is 68.4 Å². The van der Waals surface area contributed by atoms with E-state index in [1.807, 2.05) is 13.8 Å². The molecule has 732 valence electrons. The maximum absolute atomic E-state index is 15.8. The number of carbonyl (C=O) groups is 18. The van der Waals surface area contributed by atoms with E-state index in [1.54, 1.807) is 74.8 Å². The highest BCUT2D eigenvalue weighted by molar-refractivity contribution is 8.00. The van der Waals surface area contributed by atoms with Crippen LogP contribution in [-0.4, -0.2) is 321 Å². The molecule has 0 unspecified atom stereocenters. The number of likely N-dealkylation sites (N-methyl/N-ethyl adjacent to an activating group) is 3. The lowest BCUT2D eigenvalue weighted by atomic mass is 9.99. The minimum Gasteiger partial charge on any atom is -0.508 e. The molecule has 15 atom stereocenters. The largest absolute Gasteiger partial charge is 0.508 e. The zero-order chi connectivity index (χ0) is 98.6. The van der Waals surface area contributed by atoms with E-state index in [2.05, 4.69) is 73.1 Å². The van der Waals surface area contributed by atoms with E-state index in [-0.39, 0.29) is 88.2 Å². The minimum atomic E-state index is -1.94. The maximum atomic E-state index is 15.8. The number of carboxylic acid groups (broad SMARTS) is 2. The van der Waals surface area contributed by atoms with Crippen LogP contribution in [0.4, 0.5) is 0 Å². The van der Waals surface area contributed by atoms with Crippen molar-refractivity contribution in [1.82, 2.24) is 97.6 Å². The van der Waals surface area contributed by atoms with E-state index in [0.29, 0.717) is 64.2 Å². The number of amides is 16. The average molecular weight is 1900 g/mol. The molecule has 9 rings (SSSR count). The third-order valence-corrected chi connectivity index (χ3v) is 25.3. The zero-order valence-corrected chi connectivity index (χ0v) is 77.6. The number of fused-ring (bicyclic) bond motifs is 4. The lowest BCUT2D eigenvalue weighted by Gasteiger charge is -2.36. The van der Waals surface area contributed by atoms with E-state index >= 15 is 38.4 Å². The number of hydrogen-bond donors (Lipinski definition) is 19. The Morgan fingerprint density at radius 3 is 1.67 bits per heavy atom. The van der Waals surface area contributed by atoms with Gasteiger partial charge in [0.05, 0.1) is 31.1 Å². The van der Waals surface area contributed by atoms with Crippen molar-refractivity contribution in [3.05, 3.63) is 120 Å². The second kappa shape index (κ2) is 50.0. The van der Waals surface area contributed by atoms with Gasteiger partial charge < -0.3 is 125 Å². The van der Waals surface area contributed by atoms with Crippen LogP contribution in [0.1, 0.15) is 147 Å². The third kappa shape index (κ3) is 29.2. The number of nitrogens with two attached hydrogens (primary N) is 2. The molecule has 3 aromatic carbocycles. The fourth-order valence-electron chi connectivity index (χ4n) is 16.7. The molecule has 6 aromatic rings. The quantitative estimate of drug-likeness (QED) is 0.0298. The molecule has 3 aliphatic heterocycles. The number of carboxylic acids is 2. The van der Waals surface area contributed by atoms with E-state index < -0.39 is 254 Å². The van der Waals surface area contributed by atoms with Gasteiger partial charge in [-0.05, 0) is 105 Å². The van der Waals surface area contributed by atoms with Gasteiger partial charge in [0.2, 0.25) is 94.5 Å². The first-order valence-electron chi connectivity index (χ1n) is 45.2. The first-order chi connectivity index (χ1) is 64.3. The Morgan fingerprint density at radius 2 is 1.08 bits per heavy atom. The number of imidazole rings is 1. The zero-order valence-electron chi connectivity index (χ0n) is 76.8. The number of carbonyl (C=O) groups excluding carboxylic acids is 16. The standard InChI is InChI=1S/C91H125N21O22S/c1-9-11-22-70-84(127)102-63(34-49(3)4)81(124)107-69(79(122)97-44-74(93)115)46-135-47-75(116)99-66(35-51-25-27-55(113)28-26-51)87(130)108(6)50(5)78(121)105-68(40-77(119)120)90(133)111-33-17-24-71(111)85(128)104-65(38-54-43-94-48-98-54)83(126)101-62(29-30-76(117)118)89(132)112-45-56(114)39-73(112)86(129)103-64(36-52-41-95-59-20-15-13-18-57(52)59)82(125)100-61(31-32-92)80(123)106-67(37-53-42-96-60-21-16-14-19-58(53)60)88(131)110(8)72(23-12-10-2)91(134)109(70)7/h13-16,18-21,25-28,41-43,48-50,56,61-73,95-96,113-114H,9-12,17,22-24,29-40,44-47,92H2,1-8H3,(H2,93,115)(H,94,98)(H,97,122)(H,99,116)(H,100,125)(H,101,126)(H,102,127)(H,103,129)(H,104,128)(H,105,121)(H,106,123)(H,107,124)(H,117,118)(H,119,120)/t50-,56+,61-,62-,63-,64-,65-,66-,67-,68-,69-,70-,71-,72-,73-/m0/s1. The molecule has 3 aromatic heterocycles. The summed E-state index contributed by atoms with van der Waals surface area (Å²) in [5.74, 6) is -19.8. The van der Waals surface area contributed by atoms with Gasteiger partial charge >= 0.3 is 11.9 Å². The Labute approximate surface area is 783 Å². The third-order valence-electron chi connectivity index (χ3n) is 24.2. The molecular weight excluding hydrogens is 1770 g/mol. The highest BCUT2D eigenvalue weighted by Gasteiger charge is 2.47. The van der Waals surface area contributed by atoms with Crippen molar-refractivity contribution < 1.29 is 107 Å². The number of rotatable bonds is 26. The molecule has 0 aliphatic carbocycles. The lowest BCUT2D eigenvalue weighted by Crippen LogP contribution is -2.61. The maximum Gasteiger partial charge on any atom is 0.305 e. The summed E-state index contributed by atoms with van der Waals surface area (Å²) in [5.41, 5.74) is 14.6. The number of nitrogens with one attached hydrogen (secondary N) is 13. The van der Waals surface area contributed by atoms with Crippen molar-refractivity contribution in [2.45, 2.75) is 241 Å². The predicted octanol–water partition coefficient (Wildman–Crippen LogP) is -1.37. The predicted molar refractivity (Wildman–Crippen MR) is 493 cm³/mol. The number of nitrogens with zero attached hydrogens (tertiary/aromatic N) is 6. The first-order valence-corrected chi connectivity index (χ1v) is 46.4. The number of primary amides is 1. The normalized spacial score (nSPS) is 24.8. The van der Waals surface area contributed by atoms with Crippen molar-refractivity contribution in [3.8, 4) is 5.75 Å².